The van der Waals surface area contributed by atoms with Crippen LogP contribution >= 0.6 is 0 Å². The van der Waals surface area contributed by atoms with Crippen LogP contribution in [0.15, 0.2) is 0 Å². The Balaban J connectivity index is 3.34. The SMILES string of the molecule is CC(C)CCCC(=O)CCCOCCC(=O)C(C)C. The van der Waals surface area contributed by atoms with Gasteiger partial charge in [-0.2, -0.15) is 0 Å². The second-order valence-electron chi connectivity index (χ2n) is 5.91. The van der Waals surface area contributed by atoms with Crippen molar-refractivity contribution < 1.29 is 14.3 Å². The normalized spacial score (nSPS) is 11.3. The van der Waals surface area contributed by atoms with Crippen molar-refractivity contribution in [1.82, 2.24) is 0 Å². The van der Waals surface area contributed by atoms with Crippen LogP contribution in [0.3, 0.4) is 0 Å². The van der Waals surface area contributed by atoms with E-state index in [2.05, 4.69) is 13.8 Å². The summed E-state index contributed by atoms with van der Waals surface area (Å²) in [5, 5.41) is 0. The van der Waals surface area contributed by atoms with Gasteiger partial charge in [-0.1, -0.05) is 34.1 Å². The summed E-state index contributed by atoms with van der Waals surface area (Å²) >= 11 is 0. The van der Waals surface area contributed by atoms with Crippen LogP contribution in [0.2, 0.25) is 0 Å². The lowest BCUT2D eigenvalue weighted by Crippen LogP contribution is -2.11. The van der Waals surface area contributed by atoms with Crippen LogP contribution in [0.1, 0.15) is 66.2 Å². The highest BCUT2D eigenvalue weighted by molar-refractivity contribution is 5.80. The molecule has 0 N–H and O–H groups in total. The van der Waals surface area contributed by atoms with Crippen molar-refractivity contribution in [1.29, 1.82) is 0 Å². The summed E-state index contributed by atoms with van der Waals surface area (Å²) in [4.78, 5) is 22.9. The van der Waals surface area contributed by atoms with Crippen molar-refractivity contribution in [3.63, 3.8) is 0 Å². The van der Waals surface area contributed by atoms with E-state index in [0.29, 0.717) is 44.2 Å². The van der Waals surface area contributed by atoms with Gasteiger partial charge < -0.3 is 4.74 Å². The summed E-state index contributed by atoms with van der Waals surface area (Å²) in [6.45, 7) is 9.23. The maximum atomic E-state index is 11.5. The molecule has 0 radical (unpaired) electrons. The lowest BCUT2D eigenvalue weighted by Gasteiger charge is -2.06. The molecule has 0 atom stereocenters. The van der Waals surface area contributed by atoms with Crippen molar-refractivity contribution in [3.05, 3.63) is 0 Å². The molecule has 0 aliphatic carbocycles. The number of hydrogen-bond donors (Lipinski definition) is 0. The Labute approximate surface area is 118 Å². The molecule has 0 saturated heterocycles. The van der Waals surface area contributed by atoms with Gasteiger partial charge in [-0.05, 0) is 18.8 Å². The third kappa shape index (κ3) is 12.1. The van der Waals surface area contributed by atoms with Gasteiger partial charge in [0.1, 0.15) is 11.6 Å². The molecule has 0 unspecified atom stereocenters. The highest BCUT2D eigenvalue weighted by atomic mass is 16.5. The van der Waals surface area contributed by atoms with Gasteiger partial charge in [0.05, 0.1) is 6.61 Å². The Morgan fingerprint density at radius 2 is 1.53 bits per heavy atom. The first kappa shape index (κ1) is 18.3. The predicted octanol–water partition coefficient (Wildman–Crippen LogP) is 3.79. The summed E-state index contributed by atoms with van der Waals surface area (Å²) in [6, 6.07) is 0. The molecule has 0 aromatic carbocycles. The number of hydrogen-bond acceptors (Lipinski definition) is 3. The number of rotatable bonds is 12. The van der Waals surface area contributed by atoms with Crippen molar-refractivity contribution in [2.75, 3.05) is 13.2 Å². The van der Waals surface area contributed by atoms with Crippen LogP contribution in [0, 0.1) is 11.8 Å². The average molecular weight is 270 g/mol. The van der Waals surface area contributed by atoms with E-state index in [4.69, 9.17) is 4.74 Å². The van der Waals surface area contributed by atoms with Crippen LogP contribution in [0.5, 0.6) is 0 Å². The molecular weight excluding hydrogens is 240 g/mol. The fourth-order valence-corrected chi connectivity index (χ4v) is 1.77. The number of ketones is 2. The van der Waals surface area contributed by atoms with Gasteiger partial charge in [0.2, 0.25) is 0 Å². The number of Topliss-reactive ketones (excluding diaryl/α,β-unsaturated/α-hetero) is 2. The number of carbonyl (C=O) groups excluding carboxylic acids is 2. The highest BCUT2D eigenvalue weighted by Gasteiger charge is 2.06. The van der Waals surface area contributed by atoms with E-state index in [1.165, 1.54) is 0 Å². The molecule has 0 aliphatic rings. The monoisotopic (exact) mass is 270 g/mol. The van der Waals surface area contributed by atoms with Crippen molar-refractivity contribution in [2.45, 2.75) is 66.2 Å². The van der Waals surface area contributed by atoms with Gasteiger partial charge in [0, 0.05) is 31.8 Å². The first-order valence-corrected chi connectivity index (χ1v) is 7.55. The summed E-state index contributed by atoms with van der Waals surface area (Å²) in [5.74, 6) is 1.34. The molecule has 0 aromatic heterocycles. The van der Waals surface area contributed by atoms with Crippen LogP contribution in [-0.2, 0) is 14.3 Å². The molecule has 0 rings (SSSR count). The maximum Gasteiger partial charge on any atom is 0.137 e. The van der Waals surface area contributed by atoms with E-state index in [0.717, 1.165) is 19.3 Å². The van der Waals surface area contributed by atoms with E-state index in [-0.39, 0.29) is 11.7 Å². The summed E-state index contributed by atoms with van der Waals surface area (Å²) in [5.41, 5.74) is 0. The lowest BCUT2D eigenvalue weighted by atomic mass is 10.0. The van der Waals surface area contributed by atoms with Gasteiger partial charge in [-0.25, -0.2) is 0 Å². The Hall–Kier alpha value is -0.700. The minimum absolute atomic E-state index is 0.0890. The fraction of sp³-hybridized carbons (Fsp3) is 0.875. The smallest absolute Gasteiger partial charge is 0.137 e. The third-order valence-corrected chi connectivity index (χ3v) is 3.12. The Bertz CT molecular complexity index is 257. The number of carbonyl (C=O) groups is 2. The van der Waals surface area contributed by atoms with Crippen molar-refractivity contribution in [3.8, 4) is 0 Å². The van der Waals surface area contributed by atoms with E-state index < -0.39 is 0 Å². The lowest BCUT2D eigenvalue weighted by molar-refractivity contribution is -0.123. The van der Waals surface area contributed by atoms with Gasteiger partial charge in [0.15, 0.2) is 0 Å². The Morgan fingerprint density at radius 3 is 2.11 bits per heavy atom. The van der Waals surface area contributed by atoms with Gasteiger partial charge in [0.25, 0.3) is 0 Å². The highest BCUT2D eigenvalue weighted by Crippen LogP contribution is 2.08. The standard InChI is InChI=1S/C16H30O3/c1-13(2)7-5-8-15(17)9-6-11-19-12-10-16(18)14(3)4/h13-14H,5-12H2,1-4H3. The van der Waals surface area contributed by atoms with Crippen LogP contribution in [-0.4, -0.2) is 24.8 Å². The zero-order valence-corrected chi connectivity index (χ0v) is 13.0. The minimum atomic E-state index is 0.0890. The molecule has 0 bridgehead atoms. The Morgan fingerprint density at radius 1 is 0.895 bits per heavy atom. The number of ether oxygens (including phenoxy) is 1. The van der Waals surface area contributed by atoms with Crippen molar-refractivity contribution >= 4 is 11.6 Å². The summed E-state index contributed by atoms with van der Waals surface area (Å²) in [6.07, 6.45) is 4.69. The molecule has 0 heterocycles. The summed E-state index contributed by atoms with van der Waals surface area (Å²) in [7, 11) is 0. The Kier molecular flexibility index (Phi) is 10.7. The molecule has 0 fully saturated rings. The molecule has 0 aliphatic heterocycles. The van der Waals surface area contributed by atoms with Crippen LogP contribution < -0.4 is 0 Å². The van der Waals surface area contributed by atoms with E-state index in [1.807, 2.05) is 13.8 Å². The molecule has 0 amide bonds. The first-order chi connectivity index (χ1) is 8.93. The van der Waals surface area contributed by atoms with E-state index in [9.17, 15) is 9.59 Å². The molecular formula is C16H30O3. The second kappa shape index (κ2) is 11.2. The van der Waals surface area contributed by atoms with Gasteiger partial charge in [-0.15, -0.1) is 0 Å². The molecule has 19 heavy (non-hydrogen) atoms. The quantitative estimate of drug-likeness (QED) is 0.507. The zero-order chi connectivity index (χ0) is 14.7. The minimum Gasteiger partial charge on any atom is -0.381 e. The molecule has 3 nitrogen and oxygen atoms in total. The topological polar surface area (TPSA) is 43.4 Å². The van der Waals surface area contributed by atoms with E-state index >= 15 is 0 Å². The van der Waals surface area contributed by atoms with Crippen LogP contribution in [0.25, 0.3) is 0 Å². The molecule has 0 spiro atoms. The first-order valence-electron chi connectivity index (χ1n) is 7.55. The average Bonchev–Trinajstić information content (AvgIpc) is 2.32. The van der Waals surface area contributed by atoms with E-state index in [1.54, 1.807) is 0 Å². The second-order valence-corrected chi connectivity index (χ2v) is 5.91. The zero-order valence-electron chi connectivity index (χ0n) is 13.0. The largest absolute Gasteiger partial charge is 0.381 e. The third-order valence-electron chi connectivity index (χ3n) is 3.12. The molecule has 0 aromatic rings. The molecule has 0 saturated carbocycles. The van der Waals surface area contributed by atoms with Gasteiger partial charge in [-0.3, -0.25) is 9.59 Å². The van der Waals surface area contributed by atoms with Crippen molar-refractivity contribution in [2.24, 2.45) is 11.8 Å². The van der Waals surface area contributed by atoms with Crippen LogP contribution in [0.4, 0.5) is 0 Å². The predicted molar refractivity (Wildman–Crippen MR) is 78.2 cm³/mol. The molecule has 112 valence electrons. The van der Waals surface area contributed by atoms with Gasteiger partial charge >= 0.3 is 0 Å². The summed E-state index contributed by atoms with van der Waals surface area (Å²) < 4.78 is 5.37. The maximum absolute atomic E-state index is 11.5. The molecule has 3 heteroatoms. The fourth-order valence-electron chi connectivity index (χ4n) is 1.77.